The van der Waals surface area contributed by atoms with E-state index in [4.69, 9.17) is 0 Å². The van der Waals surface area contributed by atoms with E-state index in [1.165, 1.54) is 16.7 Å². The van der Waals surface area contributed by atoms with Gasteiger partial charge < -0.3 is 0 Å². The second-order valence-corrected chi connectivity index (χ2v) is 5.36. The maximum absolute atomic E-state index is 12.6. The van der Waals surface area contributed by atoms with E-state index in [-0.39, 0.29) is 5.78 Å². The van der Waals surface area contributed by atoms with E-state index in [1.54, 1.807) is 12.4 Å². The standard InChI is InChI=1S/C18H21NO/c1-5-15-11-19-7-6-16(15)18(20)10-17-13(3)8-12(2)9-14(17)4/h6-9,11H,5,10H2,1-4H3. The molecule has 0 bridgehead atoms. The largest absolute Gasteiger partial charge is 0.294 e. The third-order valence-electron chi connectivity index (χ3n) is 3.76. The number of aromatic nitrogens is 1. The Kier molecular flexibility index (Phi) is 4.33. The highest BCUT2D eigenvalue weighted by Gasteiger charge is 2.14. The van der Waals surface area contributed by atoms with Gasteiger partial charge in [0.15, 0.2) is 5.78 Å². The second kappa shape index (κ2) is 6.00. The average Bonchev–Trinajstić information content (AvgIpc) is 2.42. The van der Waals surface area contributed by atoms with Crippen molar-refractivity contribution in [2.24, 2.45) is 0 Å². The number of aryl methyl sites for hydroxylation is 4. The van der Waals surface area contributed by atoms with Gasteiger partial charge in [0.25, 0.3) is 0 Å². The Morgan fingerprint density at radius 2 is 1.80 bits per heavy atom. The van der Waals surface area contributed by atoms with Crippen LogP contribution >= 0.6 is 0 Å². The molecule has 0 aliphatic heterocycles. The van der Waals surface area contributed by atoms with E-state index < -0.39 is 0 Å². The van der Waals surface area contributed by atoms with Gasteiger partial charge in [0.1, 0.15) is 0 Å². The monoisotopic (exact) mass is 267 g/mol. The minimum absolute atomic E-state index is 0.180. The highest BCUT2D eigenvalue weighted by Crippen LogP contribution is 2.19. The van der Waals surface area contributed by atoms with E-state index in [0.29, 0.717) is 6.42 Å². The van der Waals surface area contributed by atoms with Crippen LogP contribution in [0.5, 0.6) is 0 Å². The van der Waals surface area contributed by atoms with Gasteiger partial charge in [-0.25, -0.2) is 0 Å². The topological polar surface area (TPSA) is 30.0 Å². The predicted octanol–water partition coefficient (Wildman–Crippen LogP) is 3.99. The molecule has 2 aromatic rings. The lowest BCUT2D eigenvalue weighted by Crippen LogP contribution is -2.09. The number of carbonyl (C=O) groups is 1. The molecule has 0 aliphatic carbocycles. The third kappa shape index (κ3) is 2.96. The molecule has 0 amide bonds. The van der Waals surface area contributed by atoms with Gasteiger partial charge in [0.05, 0.1) is 0 Å². The van der Waals surface area contributed by atoms with E-state index in [9.17, 15) is 4.79 Å². The summed E-state index contributed by atoms with van der Waals surface area (Å²) in [4.78, 5) is 16.7. The lowest BCUT2D eigenvalue weighted by atomic mass is 9.92. The van der Waals surface area contributed by atoms with Crippen LogP contribution in [0.4, 0.5) is 0 Å². The summed E-state index contributed by atoms with van der Waals surface area (Å²) in [5.41, 5.74) is 6.63. The van der Waals surface area contributed by atoms with Crippen molar-refractivity contribution < 1.29 is 4.79 Å². The number of ketones is 1. The Hall–Kier alpha value is -1.96. The van der Waals surface area contributed by atoms with Crippen LogP contribution in [-0.4, -0.2) is 10.8 Å². The fourth-order valence-electron chi connectivity index (χ4n) is 2.73. The number of nitrogens with zero attached hydrogens (tertiary/aromatic N) is 1. The fraction of sp³-hybridized carbons (Fsp3) is 0.333. The van der Waals surface area contributed by atoms with Gasteiger partial charge in [0, 0.05) is 24.4 Å². The number of benzene rings is 1. The third-order valence-corrected chi connectivity index (χ3v) is 3.76. The quantitative estimate of drug-likeness (QED) is 0.784. The van der Waals surface area contributed by atoms with Crippen molar-refractivity contribution in [3.05, 3.63) is 64.0 Å². The molecule has 0 N–H and O–H groups in total. The Labute approximate surface area is 120 Å². The maximum atomic E-state index is 12.6. The van der Waals surface area contributed by atoms with Crippen LogP contribution in [0.2, 0.25) is 0 Å². The molecule has 2 rings (SSSR count). The average molecular weight is 267 g/mol. The van der Waals surface area contributed by atoms with Crippen molar-refractivity contribution in [2.75, 3.05) is 0 Å². The lowest BCUT2D eigenvalue weighted by molar-refractivity contribution is 0.0991. The smallest absolute Gasteiger partial charge is 0.167 e. The summed E-state index contributed by atoms with van der Waals surface area (Å²) in [7, 11) is 0. The molecule has 0 radical (unpaired) electrons. The molecule has 1 aromatic carbocycles. The zero-order chi connectivity index (χ0) is 14.7. The molecule has 0 unspecified atom stereocenters. The summed E-state index contributed by atoms with van der Waals surface area (Å²) in [5.74, 6) is 0.180. The van der Waals surface area contributed by atoms with E-state index in [2.05, 4.69) is 44.8 Å². The Bertz CT molecular complexity index is 621. The van der Waals surface area contributed by atoms with Crippen molar-refractivity contribution in [1.29, 1.82) is 0 Å². The number of Topliss-reactive ketones (excluding diaryl/α,β-unsaturated/α-hetero) is 1. The zero-order valence-corrected chi connectivity index (χ0v) is 12.7. The second-order valence-electron chi connectivity index (χ2n) is 5.36. The fourth-order valence-corrected chi connectivity index (χ4v) is 2.73. The van der Waals surface area contributed by atoms with Crippen LogP contribution in [0.15, 0.2) is 30.6 Å². The Balaban J connectivity index is 2.33. The summed E-state index contributed by atoms with van der Waals surface area (Å²) in [6.45, 7) is 8.30. The van der Waals surface area contributed by atoms with Gasteiger partial charge in [-0.3, -0.25) is 9.78 Å². The van der Waals surface area contributed by atoms with Crippen molar-refractivity contribution >= 4 is 5.78 Å². The van der Waals surface area contributed by atoms with Gasteiger partial charge in [-0.15, -0.1) is 0 Å². The van der Waals surface area contributed by atoms with Crippen LogP contribution in [0.3, 0.4) is 0 Å². The molecule has 1 heterocycles. The van der Waals surface area contributed by atoms with Crippen molar-refractivity contribution in [3.8, 4) is 0 Å². The highest BCUT2D eigenvalue weighted by molar-refractivity contribution is 5.99. The van der Waals surface area contributed by atoms with Gasteiger partial charge in [-0.1, -0.05) is 24.6 Å². The molecule has 20 heavy (non-hydrogen) atoms. The van der Waals surface area contributed by atoms with Crippen LogP contribution in [-0.2, 0) is 12.8 Å². The maximum Gasteiger partial charge on any atom is 0.167 e. The Morgan fingerprint density at radius 1 is 1.15 bits per heavy atom. The first-order valence-electron chi connectivity index (χ1n) is 7.05. The zero-order valence-electron chi connectivity index (χ0n) is 12.7. The molecule has 0 spiro atoms. The van der Waals surface area contributed by atoms with Crippen LogP contribution < -0.4 is 0 Å². The number of hydrogen-bond acceptors (Lipinski definition) is 2. The normalized spacial score (nSPS) is 10.6. The minimum Gasteiger partial charge on any atom is -0.294 e. The molecule has 0 aliphatic rings. The number of carbonyl (C=O) groups excluding carboxylic acids is 1. The van der Waals surface area contributed by atoms with E-state index in [1.807, 2.05) is 6.07 Å². The van der Waals surface area contributed by atoms with E-state index >= 15 is 0 Å². The van der Waals surface area contributed by atoms with Crippen molar-refractivity contribution in [3.63, 3.8) is 0 Å². The van der Waals surface area contributed by atoms with Crippen LogP contribution in [0.25, 0.3) is 0 Å². The van der Waals surface area contributed by atoms with Gasteiger partial charge in [-0.2, -0.15) is 0 Å². The predicted molar refractivity (Wildman–Crippen MR) is 82.3 cm³/mol. The van der Waals surface area contributed by atoms with Gasteiger partial charge in [-0.05, 0) is 55.5 Å². The molecule has 0 saturated heterocycles. The molecule has 2 heteroatoms. The first kappa shape index (κ1) is 14.4. The summed E-state index contributed by atoms with van der Waals surface area (Å²) in [5, 5.41) is 0. The summed E-state index contributed by atoms with van der Waals surface area (Å²) in [6, 6.07) is 6.12. The minimum atomic E-state index is 0.180. The van der Waals surface area contributed by atoms with Gasteiger partial charge >= 0.3 is 0 Å². The van der Waals surface area contributed by atoms with Gasteiger partial charge in [0.2, 0.25) is 0 Å². The molecule has 0 fully saturated rings. The molecule has 0 atom stereocenters. The first-order chi connectivity index (χ1) is 9.52. The van der Waals surface area contributed by atoms with E-state index in [0.717, 1.165) is 23.1 Å². The summed E-state index contributed by atoms with van der Waals surface area (Å²) < 4.78 is 0. The molecule has 2 nitrogen and oxygen atoms in total. The summed E-state index contributed by atoms with van der Waals surface area (Å²) >= 11 is 0. The van der Waals surface area contributed by atoms with Crippen LogP contribution in [0.1, 0.15) is 45.1 Å². The Morgan fingerprint density at radius 3 is 2.40 bits per heavy atom. The number of pyridine rings is 1. The molecular formula is C18H21NO. The van der Waals surface area contributed by atoms with Crippen molar-refractivity contribution in [1.82, 2.24) is 4.98 Å². The number of hydrogen-bond donors (Lipinski definition) is 0. The lowest BCUT2D eigenvalue weighted by Gasteiger charge is -2.12. The molecule has 104 valence electrons. The van der Waals surface area contributed by atoms with Crippen LogP contribution in [0, 0.1) is 20.8 Å². The summed E-state index contributed by atoms with van der Waals surface area (Å²) in [6.07, 6.45) is 4.79. The molecular weight excluding hydrogens is 246 g/mol. The molecule has 1 aromatic heterocycles. The van der Waals surface area contributed by atoms with Crippen molar-refractivity contribution in [2.45, 2.75) is 40.5 Å². The SMILES string of the molecule is CCc1cnccc1C(=O)Cc1c(C)cc(C)cc1C. The molecule has 0 saturated carbocycles. The number of rotatable bonds is 4. The first-order valence-corrected chi connectivity index (χ1v) is 7.05. The highest BCUT2D eigenvalue weighted by atomic mass is 16.1.